The van der Waals surface area contributed by atoms with Crippen molar-refractivity contribution in [1.82, 2.24) is 0 Å². The molecule has 0 amide bonds. The number of carbonyl (C=O) groups is 2. The van der Waals surface area contributed by atoms with Gasteiger partial charge in [-0.2, -0.15) is 0 Å². The third kappa shape index (κ3) is 2.50. The molecule has 2 saturated heterocycles. The zero-order valence-corrected chi connectivity index (χ0v) is 20.2. The Hall–Kier alpha value is -2.20. The fourth-order valence-electron chi connectivity index (χ4n) is 8.87. The first-order valence-electron chi connectivity index (χ1n) is 12.5. The second-order valence-corrected chi connectivity index (χ2v) is 12.0. The number of esters is 1. The Kier molecular flexibility index (Phi) is 4.84. The third-order valence-corrected chi connectivity index (χ3v) is 10.2. The van der Waals surface area contributed by atoms with Crippen molar-refractivity contribution in [2.45, 2.75) is 63.6 Å². The first-order chi connectivity index (χ1) is 16.8. The van der Waals surface area contributed by atoms with E-state index in [1.165, 1.54) is 0 Å². The zero-order chi connectivity index (χ0) is 26.0. The molecule has 6 aliphatic rings. The minimum Gasteiger partial charge on any atom is -0.457 e. The average molecular weight is 505 g/mol. The molecule has 7 nitrogen and oxygen atoms in total. The van der Waals surface area contributed by atoms with E-state index in [0.717, 1.165) is 12.1 Å². The number of hydrogen-bond donors (Lipinski definition) is 3. The summed E-state index contributed by atoms with van der Waals surface area (Å²) in [7, 11) is 0. The number of benzene rings is 1. The predicted molar refractivity (Wildman–Crippen MR) is 120 cm³/mol. The lowest BCUT2D eigenvalue weighted by molar-refractivity contribution is -0.457. The van der Waals surface area contributed by atoms with Crippen LogP contribution in [0, 0.1) is 45.6 Å². The highest BCUT2D eigenvalue weighted by molar-refractivity contribution is 6.05. The van der Waals surface area contributed by atoms with Crippen molar-refractivity contribution < 1.29 is 43.2 Å². The molecule has 2 heterocycles. The maximum atomic E-state index is 14.4. The van der Waals surface area contributed by atoms with Crippen LogP contribution in [-0.4, -0.2) is 57.8 Å². The van der Waals surface area contributed by atoms with Crippen LogP contribution < -0.4 is 0 Å². The summed E-state index contributed by atoms with van der Waals surface area (Å²) in [5.41, 5.74) is -4.01. The normalized spacial score (nSPS) is 46.3. The molecule has 2 spiro atoms. The fraction of sp³-hybridized carbons (Fsp3) is 0.630. The number of halogens is 2. The quantitative estimate of drug-likeness (QED) is 0.419. The Balaban J connectivity index is 1.53. The van der Waals surface area contributed by atoms with Gasteiger partial charge >= 0.3 is 5.97 Å². The van der Waals surface area contributed by atoms with Gasteiger partial charge in [0.15, 0.2) is 5.78 Å². The van der Waals surface area contributed by atoms with Gasteiger partial charge in [0, 0.05) is 17.3 Å². The first kappa shape index (κ1) is 24.2. The van der Waals surface area contributed by atoms with Crippen LogP contribution in [0.4, 0.5) is 8.78 Å². The third-order valence-electron chi connectivity index (χ3n) is 10.2. The lowest BCUT2D eigenvalue weighted by Crippen LogP contribution is -2.85. The number of carbonyl (C=O) groups excluding carboxylic acids is 2. The molecule has 4 aliphatic carbocycles. The maximum absolute atomic E-state index is 14.4. The van der Waals surface area contributed by atoms with Gasteiger partial charge in [0.2, 0.25) is 5.79 Å². The van der Waals surface area contributed by atoms with Crippen molar-refractivity contribution >= 4 is 11.8 Å². The molecule has 3 N–H and O–H groups in total. The van der Waals surface area contributed by atoms with E-state index in [2.05, 4.69) is 6.58 Å². The second-order valence-electron chi connectivity index (χ2n) is 12.0. The van der Waals surface area contributed by atoms with E-state index in [0.29, 0.717) is 31.7 Å². The molecule has 9 heteroatoms. The minimum atomic E-state index is -2.42. The Morgan fingerprint density at radius 1 is 1.19 bits per heavy atom. The van der Waals surface area contributed by atoms with Crippen LogP contribution in [0.3, 0.4) is 0 Å². The molecule has 1 aromatic rings. The molecule has 9 atom stereocenters. The van der Waals surface area contributed by atoms with Crippen molar-refractivity contribution in [3.63, 3.8) is 0 Å². The van der Waals surface area contributed by atoms with E-state index in [1.54, 1.807) is 0 Å². The van der Waals surface area contributed by atoms with E-state index in [9.17, 15) is 33.7 Å². The molecule has 0 aromatic heterocycles. The number of Topliss-reactive ketones (excluding diaryl/α,β-unsaturated/α-hetero) is 1. The average Bonchev–Trinajstić information content (AvgIpc) is 2.94. The smallest absolute Gasteiger partial charge is 0.341 e. The molecular formula is C27H30F2O7. The summed E-state index contributed by atoms with van der Waals surface area (Å²) in [4.78, 5) is 27.1. The van der Waals surface area contributed by atoms with Crippen molar-refractivity contribution in [2.75, 3.05) is 6.61 Å². The summed E-state index contributed by atoms with van der Waals surface area (Å²) >= 11 is 0. The van der Waals surface area contributed by atoms with Gasteiger partial charge in [-0.05, 0) is 60.8 Å². The molecule has 36 heavy (non-hydrogen) atoms. The van der Waals surface area contributed by atoms with Crippen LogP contribution in [0.25, 0.3) is 0 Å². The molecule has 1 aromatic carbocycles. The molecule has 2 aliphatic heterocycles. The Morgan fingerprint density at radius 2 is 1.92 bits per heavy atom. The van der Waals surface area contributed by atoms with E-state index in [-0.39, 0.29) is 12.2 Å². The van der Waals surface area contributed by atoms with Gasteiger partial charge in [-0.25, -0.2) is 13.6 Å². The maximum Gasteiger partial charge on any atom is 0.341 e. The summed E-state index contributed by atoms with van der Waals surface area (Å²) in [5.74, 6) is -7.99. The number of aliphatic hydroxyl groups excluding tert-OH is 2. The van der Waals surface area contributed by atoms with Crippen LogP contribution >= 0.6 is 0 Å². The summed E-state index contributed by atoms with van der Waals surface area (Å²) < 4.78 is 39.9. The monoisotopic (exact) mass is 504 g/mol. The predicted octanol–water partition coefficient (Wildman–Crippen LogP) is 2.52. The number of aliphatic hydroxyl groups is 3. The molecule has 0 radical (unpaired) electrons. The van der Waals surface area contributed by atoms with Gasteiger partial charge in [-0.15, -0.1) is 0 Å². The number of hydrogen-bond acceptors (Lipinski definition) is 7. The highest BCUT2D eigenvalue weighted by Gasteiger charge is 2.87. The number of ether oxygens (including phenoxy) is 2. The number of rotatable bonds is 2. The Labute approximate surface area is 207 Å². The van der Waals surface area contributed by atoms with Crippen LogP contribution in [0.1, 0.15) is 49.9 Å². The van der Waals surface area contributed by atoms with Gasteiger partial charge < -0.3 is 24.8 Å². The number of fused-ring (bicyclic) bond motifs is 2. The molecule has 7 rings (SSSR count). The second kappa shape index (κ2) is 7.22. The van der Waals surface area contributed by atoms with E-state index < -0.39 is 87.0 Å². The molecule has 4 saturated carbocycles. The molecular weight excluding hydrogens is 474 g/mol. The first-order valence-corrected chi connectivity index (χ1v) is 12.5. The fourth-order valence-corrected chi connectivity index (χ4v) is 8.87. The van der Waals surface area contributed by atoms with Crippen LogP contribution in [0.15, 0.2) is 30.4 Å². The van der Waals surface area contributed by atoms with Gasteiger partial charge in [-0.3, -0.25) is 4.79 Å². The minimum absolute atomic E-state index is 0.0636. The Bertz CT molecular complexity index is 1200. The topological polar surface area (TPSA) is 113 Å². The molecule has 6 fully saturated rings. The summed E-state index contributed by atoms with van der Waals surface area (Å²) in [6.07, 6.45) is -1.99. The van der Waals surface area contributed by atoms with Gasteiger partial charge in [0.25, 0.3) is 0 Å². The largest absolute Gasteiger partial charge is 0.457 e. The zero-order valence-electron chi connectivity index (χ0n) is 20.2. The lowest BCUT2D eigenvalue weighted by Gasteiger charge is -2.74. The molecule has 0 unspecified atom stereocenters. The van der Waals surface area contributed by atoms with Gasteiger partial charge in [0.1, 0.15) is 29.3 Å². The standard InChI is InChI=1S/C27H30F2O7/c1-12-14-5-7-17-25-11-35-27(34,21(32)19(25)24(2,3)9-8-18(25)30)26(17,20(12)31)22(14)36-23(33)15-10-13(28)4-6-16(15)29/h4,6,10,14,17-19,21-22,30,32,34H,1,5,7-9,11H2,2-3H3/t14-,17-,18-,19+,21-,22+,25+,26-,27+/m0/s1. The van der Waals surface area contributed by atoms with Gasteiger partial charge in [0.05, 0.1) is 18.3 Å². The van der Waals surface area contributed by atoms with Crippen LogP contribution in [-0.2, 0) is 14.3 Å². The van der Waals surface area contributed by atoms with Crippen molar-refractivity contribution in [3.05, 3.63) is 47.5 Å². The van der Waals surface area contributed by atoms with Crippen molar-refractivity contribution in [2.24, 2.45) is 34.0 Å². The highest BCUT2D eigenvalue weighted by atomic mass is 19.1. The summed E-state index contributed by atoms with van der Waals surface area (Å²) in [5, 5.41) is 35.2. The van der Waals surface area contributed by atoms with Crippen molar-refractivity contribution in [3.8, 4) is 0 Å². The van der Waals surface area contributed by atoms with Crippen LogP contribution in [0.5, 0.6) is 0 Å². The SMILES string of the molecule is C=C1C(=O)[C@]23[C@H](OC(=O)c4cc(F)ccc4F)[C@H]1CC[C@H]2[C@@]12CO[C@]3(O)[C@@H](O)[C@@H]1C(C)(C)CC[C@@H]2O. The van der Waals surface area contributed by atoms with Crippen molar-refractivity contribution in [1.29, 1.82) is 0 Å². The lowest BCUT2D eigenvalue weighted by atomic mass is 9.35. The van der Waals surface area contributed by atoms with Crippen LogP contribution in [0.2, 0.25) is 0 Å². The highest BCUT2D eigenvalue weighted by Crippen LogP contribution is 2.76. The molecule has 4 bridgehead atoms. The molecule has 194 valence electrons. The van der Waals surface area contributed by atoms with E-state index in [1.807, 2.05) is 13.8 Å². The summed E-state index contributed by atoms with van der Waals surface area (Å²) in [6.45, 7) is 7.80. The van der Waals surface area contributed by atoms with Gasteiger partial charge in [-0.1, -0.05) is 20.4 Å². The summed E-state index contributed by atoms with van der Waals surface area (Å²) in [6, 6.07) is 2.39. The number of ketones is 1. The Morgan fingerprint density at radius 3 is 2.64 bits per heavy atom. The van der Waals surface area contributed by atoms with E-state index >= 15 is 0 Å². The van der Waals surface area contributed by atoms with E-state index in [4.69, 9.17) is 9.47 Å².